The number of thiol groups is 1. The van der Waals surface area contributed by atoms with E-state index in [1.807, 2.05) is 0 Å². The van der Waals surface area contributed by atoms with Gasteiger partial charge in [0.25, 0.3) is 0 Å². The minimum atomic E-state index is -1.60. The molecule has 1 atom stereocenters. The van der Waals surface area contributed by atoms with E-state index in [1.165, 1.54) is 18.2 Å². The third-order valence-electron chi connectivity index (χ3n) is 5.76. The van der Waals surface area contributed by atoms with Gasteiger partial charge in [0.1, 0.15) is 5.82 Å². The van der Waals surface area contributed by atoms with E-state index in [9.17, 15) is 14.3 Å². The number of nitrogens with two attached hydrogens (primary N) is 1. The first-order chi connectivity index (χ1) is 15.9. The summed E-state index contributed by atoms with van der Waals surface area (Å²) in [7, 11) is -1.60. The van der Waals surface area contributed by atoms with Crippen molar-refractivity contribution in [1.29, 1.82) is 0 Å². The van der Waals surface area contributed by atoms with E-state index in [0.717, 1.165) is 28.3 Å². The minimum Gasteiger partial charge on any atom is -0.478 e. The summed E-state index contributed by atoms with van der Waals surface area (Å²) < 4.78 is 32.2. The van der Waals surface area contributed by atoms with Crippen molar-refractivity contribution in [2.45, 2.75) is 40.0 Å². The molecule has 1 unspecified atom stereocenters. The molecule has 33 heavy (non-hydrogen) atoms. The van der Waals surface area contributed by atoms with Gasteiger partial charge in [-0.15, -0.1) is 0 Å². The smallest absolute Gasteiger partial charge is 0.338 e. The number of nitrogens with zero attached hydrogens (tertiary/aromatic N) is 2. The average Bonchev–Trinajstić information content (AvgIpc) is 3.42. The summed E-state index contributed by atoms with van der Waals surface area (Å²) in [4.78, 5) is 16.6. The third kappa shape index (κ3) is 3.80. The highest BCUT2D eigenvalue weighted by Crippen LogP contribution is 2.59. The first kappa shape index (κ1) is 21.9. The molecule has 5 rings (SSSR count). The van der Waals surface area contributed by atoms with Crippen LogP contribution in [0.5, 0.6) is 0 Å². The number of aromatic amines is 1. The zero-order valence-electron chi connectivity index (χ0n) is 17.4. The van der Waals surface area contributed by atoms with Crippen molar-refractivity contribution in [3.05, 3.63) is 70.6 Å². The van der Waals surface area contributed by atoms with Crippen LogP contribution in [0.2, 0.25) is 5.02 Å². The van der Waals surface area contributed by atoms with Gasteiger partial charge in [0.05, 0.1) is 28.8 Å². The summed E-state index contributed by atoms with van der Waals surface area (Å²) in [5.41, 5.74) is 6.37. The first-order valence-electron chi connectivity index (χ1n) is 10.4. The first-order valence-corrected chi connectivity index (χ1v) is 12.2. The van der Waals surface area contributed by atoms with Gasteiger partial charge in [-0.05, 0) is 31.0 Å². The Morgan fingerprint density at radius 2 is 2.06 bits per heavy atom. The van der Waals surface area contributed by atoms with E-state index in [2.05, 4.69) is 10.1 Å². The maximum absolute atomic E-state index is 15.6. The molecule has 1 saturated carbocycles. The molecule has 2 heterocycles. The number of halogens is 3. The second-order valence-electron chi connectivity index (χ2n) is 7.98. The normalized spacial score (nSPS) is 15.2. The fourth-order valence-corrected chi connectivity index (χ4v) is 6.90. The van der Waals surface area contributed by atoms with Crippen LogP contribution in [-0.4, -0.2) is 32.4 Å². The minimum absolute atomic E-state index is 0.00297. The molecule has 0 amide bonds. The van der Waals surface area contributed by atoms with Crippen molar-refractivity contribution in [3.8, 4) is 0 Å². The maximum Gasteiger partial charge on any atom is 0.338 e. The number of nitrogens with one attached hydrogen (secondary N) is 1. The summed E-state index contributed by atoms with van der Waals surface area (Å²) in [5, 5.41) is 14.5. The van der Waals surface area contributed by atoms with Crippen LogP contribution in [0, 0.1) is 11.6 Å². The number of carboxylic acids is 1. The molecule has 10 heteroatoms. The molecule has 0 radical (unpaired) electrons. The fraction of sp³-hybridized carbons (Fsp3) is 0.217. The number of hydrogen-bond acceptors (Lipinski definition) is 3. The highest BCUT2D eigenvalue weighted by atomic mass is 35.5. The Morgan fingerprint density at radius 1 is 1.27 bits per heavy atom. The Morgan fingerprint density at radius 3 is 2.76 bits per heavy atom. The van der Waals surface area contributed by atoms with Crippen LogP contribution < -0.4 is 5.73 Å². The van der Waals surface area contributed by atoms with Crippen LogP contribution in [0.15, 0.2) is 57.4 Å². The number of fused-ring (bicyclic) bond motifs is 1. The molecule has 2 aromatic heterocycles. The van der Waals surface area contributed by atoms with Gasteiger partial charge < -0.3 is 15.8 Å². The molecule has 1 fully saturated rings. The van der Waals surface area contributed by atoms with Crippen LogP contribution in [0.1, 0.15) is 34.8 Å². The molecular formula is C23H21ClF2N4O2S. The maximum atomic E-state index is 15.6. The van der Waals surface area contributed by atoms with Crippen molar-refractivity contribution < 1.29 is 18.7 Å². The quantitative estimate of drug-likeness (QED) is 0.264. The fourth-order valence-electron chi connectivity index (χ4n) is 4.09. The summed E-state index contributed by atoms with van der Waals surface area (Å²) in [6.07, 6.45) is 5.31. The van der Waals surface area contributed by atoms with Gasteiger partial charge in [-0.2, -0.15) is 16.0 Å². The van der Waals surface area contributed by atoms with Crippen molar-refractivity contribution in [2.75, 3.05) is 6.54 Å². The molecule has 0 spiro atoms. The predicted octanol–water partition coefficient (Wildman–Crippen LogP) is 5.31. The third-order valence-corrected chi connectivity index (χ3v) is 8.56. The van der Waals surface area contributed by atoms with Crippen LogP contribution >= 0.6 is 22.5 Å². The average molecular weight is 491 g/mol. The molecule has 6 nitrogen and oxygen atoms in total. The van der Waals surface area contributed by atoms with E-state index in [-0.39, 0.29) is 21.4 Å². The zero-order chi connectivity index (χ0) is 23.3. The lowest BCUT2D eigenvalue weighted by molar-refractivity contribution is 0.0691. The van der Waals surface area contributed by atoms with Crippen molar-refractivity contribution in [1.82, 2.24) is 14.8 Å². The molecule has 1 aliphatic rings. The molecule has 0 bridgehead atoms. The van der Waals surface area contributed by atoms with Crippen molar-refractivity contribution in [2.24, 2.45) is 5.73 Å². The summed E-state index contributed by atoms with van der Waals surface area (Å²) >= 11 is 6.04. The largest absolute Gasteiger partial charge is 0.478 e. The molecule has 1 aliphatic carbocycles. The summed E-state index contributed by atoms with van der Waals surface area (Å²) in [6, 6.07) is 7.59. The molecule has 4 N–H and O–H groups in total. The molecular weight excluding hydrogens is 470 g/mol. The SMILES string of the molecule is NCCn1cc([SH](c2cccc(C(=O)O)c2F)c2c(C3CC3)[nH]c3c(F)c(Cl)ccc23)cn1. The second-order valence-corrected chi connectivity index (χ2v) is 10.5. The van der Waals surface area contributed by atoms with Gasteiger partial charge in [-0.25, -0.2) is 13.6 Å². The van der Waals surface area contributed by atoms with Crippen LogP contribution in [0.3, 0.4) is 0 Å². The monoisotopic (exact) mass is 490 g/mol. The topological polar surface area (TPSA) is 96.9 Å². The number of aromatic nitrogens is 3. The van der Waals surface area contributed by atoms with Crippen LogP contribution in [0.4, 0.5) is 8.78 Å². The molecule has 4 aromatic rings. The number of H-pyrrole nitrogens is 1. The lowest BCUT2D eigenvalue weighted by Gasteiger charge is -2.24. The second kappa shape index (κ2) is 8.48. The zero-order valence-corrected chi connectivity index (χ0v) is 19.0. The van der Waals surface area contributed by atoms with Crippen molar-refractivity contribution in [3.63, 3.8) is 0 Å². The van der Waals surface area contributed by atoms with E-state index >= 15 is 4.39 Å². The van der Waals surface area contributed by atoms with Gasteiger partial charge >= 0.3 is 5.97 Å². The van der Waals surface area contributed by atoms with E-state index in [1.54, 1.807) is 29.2 Å². The number of benzene rings is 2. The van der Waals surface area contributed by atoms with Crippen molar-refractivity contribution >= 4 is 39.4 Å². The molecule has 0 aliphatic heterocycles. The number of carbonyl (C=O) groups is 1. The number of hydrogen-bond donors (Lipinski definition) is 4. The summed E-state index contributed by atoms with van der Waals surface area (Å²) in [5.74, 6) is -2.51. The lowest BCUT2D eigenvalue weighted by atomic mass is 10.2. The Kier molecular flexibility index (Phi) is 5.64. The van der Waals surface area contributed by atoms with Gasteiger partial charge in [0, 0.05) is 44.4 Å². The Bertz CT molecular complexity index is 1380. The van der Waals surface area contributed by atoms with Gasteiger partial charge in [0.15, 0.2) is 5.82 Å². The molecule has 172 valence electrons. The standard InChI is InChI=1S/C23H21ClF2N4O2S/c24-16-7-6-15-21(19(16)26)29-20(12-4-5-12)22(15)33(13-10-28-30(11-13)9-8-27)17-3-1-2-14(18(17)25)23(31)32/h1-3,6-7,10-12,29,33H,4-5,8-9,27H2,(H,31,32). The Balaban J connectivity index is 1.82. The van der Waals surface area contributed by atoms with E-state index in [4.69, 9.17) is 17.3 Å². The Hall–Kier alpha value is -2.88. The van der Waals surface area contributed by atoms with Crippen LogP contribution in [-0.2, 0) is 6.54 Å². The number of carboxylic acid groups (broad SMARTS) is 1. The van der Waals surface area contributed by atoms with Gasteiger partial charge in [-0.1, -0.05) is 23.7 Å². The predicted molar refractivity (Wildman–Crippen MR) is 124 cm³/mol. The van der Waals surface area contributed by atoms with Gasteiger partial charge in [-0.3, -0.25) is 4.68 Å². The Labute approximate surface area is 195 Å². The van der Waals surface area contributed by atoms with Gasteiger partial charge in [0.2, 0.25) is 0 Å². The highest BCUT2D eigenvalue weighted by molar-refractivity contribution is 8.17. The lowest BCUT2D eigenvalue weighted by Crippen LogP contribution is -2.09. The number of rotatable bonds is 7. The van der Waals surface area contributed by atoms with Crippen LogP contribution in [0.25, 0.3) is 10.9 Å². The van der Waals surface area contributed by atoms with E-state index < -0.39 is 34.1 Å². The molecule has 0 saturated heterocycles. The highest BCUT2D eigenvalue weighted by Gasteiger charge is 2.34. The molecule has 2 aromatic carbocycles. The summed E-state index contributed by atoms with van der Waals surface area (Å²) in [6.45, 7) is 0.862. The van der Waals surface area contributed by atoms with E-state index in [0.29, 0.717) is 18.5 Å². The number of aromatic carboxylic acids is 1.